The summed E-state index contributed by atoms with van der Waals surface area (Å²) in [5, 5.41) is 5.92. The molecule has 0 bridgehead atoms. The maximum Gasteiger partial charge on any atom is 0.319 e. The van der Waals surface area contributed by atoms with E-state index in [1.165, 1.54) is 0 Å². The van der Waals surface area contributed by atoms with Crippen LogP contribution in [0.15, 0.2) is 54.6 Å². The zero-order valence-corrected chi connectivity index (χ0v) is 18.3. The summed E-state index contributed by atoms with van der Waals surface area (Å²) in [6.45, 7) is 3.02. The first-order valence-electron chi connectivity index (χ1n) is 10.6. The lowest BCUT2D eigenvalue weighted by atomic mass is 9.95. The monoisotopic (exact) mass is 422 g/mol. The molecule has 0 aromatic heterocycles. The number of nitrogens with one attached hydrogen (secondary N) is 2. The average molecular weight is 423 g/mol. The van der Waals surface area contributed by atoms with Crippen LogP contribution in [0.5, 0.6) is 0 Å². The number of hydrogen-bond acceptors (Lipinski definition) is 3. The summed E-state index contributed by atoms with van der Waals surface area (Å²) in [7, 11) is 3.45. The van der Waals surface area contributed by atoms with Gasteiger partial charge in [0, 0.05) is 33.1 Å². The molecule has 1 aliphatic rings. The van der Waals surface area contributed by atoms with Crippen LogP contribution in [0.1, 0.15) is 41.7 Å². The summed E-state index contributed by atoms with van der Waals surface area (Å²) < 4.78 is 0. The van der Waals surface area contributed by atoms with Gasteiger partial charge >= 0.3 is 6.03 Å². The number of carbonyl (C=O) groups excluding carboxylic acids is 3. The second kappa shape index (κ2) is 10.1. The van der Waals surface area contributed by atoms with Crippen LogP contribution in [0.3, 0.4) is 0 Å². The summed E-state index contributed by atoms with van der Waals surface area (Å²) in [5.74, 6) is -0.544. The quantitative estimate of drug-likeness (QED) is 0.774. The molecule has 1 unspecified atom stereocenters. The molecule has 0 aliphatic carbocycles. The van der Waals surface area contributed by atoms with Crippen molar-refractivity contribution in [3.05, 3.63) is 65.7 Å². The van der Waals surface area contributed by atoms with Crippen LogP contribution in [0.25, 0.3) is 0 Å². The summed E-state index contributed by atoms with van der Waals surface area (Å²) in [4.78, 5) is 41.1. The van der Waals surface area contributed by atoms with Crippen molar-refractivity contribution in [2.45, 2.75) is 25.8 Å². The number of rotatable bonds is 5. The van der Waals surface area contributed by atoms with E-state index in [9.17, 15) is 14.4 Å². The Bertz CT molecular complexity index is 921. The van der Waals surface area contributed by atoms with E-state index in [0.29, 0.717) is 37.2 Å². The smallest absolute Gasteiger partial charge is 0.319 e. The van der Waals surface area contributed by atoms with E-state index in [4.69, 9.17) is 0 Å². The predicted molar refractivity (Wildman–Crippen MR) is 121 cm³/mol. The fourth-order valence-corrected chi connectivity index (χ4v) is 3.74. The Balaban J connectivity index is 1.62. The molecule has 2 N–H and O–H groups in total. The number of urea groups is 1. The third-order valence-corrected chi connectivity index (χ3v) is 5.60. The molecule has 7 heteroatoms. The molecule has 31 heavy (non-hydrogen) atoms. The van der Waals surface area contributed by atoms with Crippen molar-refractivity contribution in [1.29, 1.82) is 0 Å². The minimum Gasteiger partial charge on any atom is -0.345 e. The van der Waals surface area contributed by atoms with Crippen molar-refractivity contribution in [2.24, 2.45) is 5.92 Å². The Morgan fingerprint density at radius 3 is 2.23 bits per heavy atom. The maximum absolute atomic E-state index is 12.9. The molecule has 2 aromatic rings. The Kier molecular flexibility index (Phi) is 7.28. The van der Waals surface area contributed by atoms with Crippen molar-refractivity contribution < 1.29 is 14.4 Å². The molecule has 7 nitrogen and oxygen atoms in total. The van der Waals surface area contributed by atoms with E-state index in [1.54, 1.807) is 48.2 Å². The van der Waals surface area contributed by atoms with E-state index >= 15 is 0 Å². The fourth-order valence-electron chi connectivity index (χ4n) is 3.74. The Hall–Kier alpha value is -3.35. The third kappa shape index (κ3) is 5.63. The molecule has 0 spiro atoms. The van der Waals surface area contributed by atoms with Gasteiger partial charge in [-0.2, -0.15) is 0 Å². The first-order valence-corrected chi connectivity index (χ1v) is 10.6. The van der Waals surface area contributed by atoms with Gasteiger partial charge in [0.15, 0.2) is 0 Å². The van der Waals surface area contributed by atoms with Gasteiger partial charge in [-0.05, 0) is 37.5 Å². The van der Waals surface area contributed by atoms with Crippen molar-refractivity contribution in [3.8, 4) is 0 Å². The minimum absolute atomic E-state index is 0.0339. The fraction of sp³-hybridized carbons (Fsp3) is 0.375. The number of para-hydroxylation sites is 1. The number of anilines is 1. The standard InChI is InChI=1S/C24H30N4O3/c1-17(18-9-5-4-6-10-18)25-23(30)20-11-7-8-12-21(20)26-22(29)19-13-15-28(16-14-19)24(31)27(2)3/h4-12,17,19H,13-16H2,1-3H3,(H,25,30)(H,26,29). The van der Waals surface area contributed by atoms with Gasteiger partial charge in [-0.15, -0.1) is 0 Å². The molecule has 1 saturated heterocycles. The second-order valence-corrected chi connectivity index (χ2v) is 8.08. The van der Waals surface area contributed by atoms with Crippen molar-refractivity contribution in [2.75, 3.05) is 32.5 Å². The van der Waals surface area contributed by atoms with Gasteiger partial charge in [0.1, 0.15) is 0 Å². The molecule has 1 fully saturated rings. The molecule has 164 valence electrons. The molecule has 4 amide bonds. The van der Waals surface area contributed by atoms with Crippen LogP contribution in [0.4, 0.5) is 10.5 Å². The normalized spacial score (nSPS) is 15.1. The number of nitrogens with zero attached hydrogens (tertiary/aromatic N) is 2. The molecule has 1 aliphatic heterocycles. The Morgan fingerprint density at radius 2 is 1.58 bits per heavy atom. The van der Waals surface area contributed by atoms with E-state index in [1.807, 2.05) is 37.3 Å². The first-order chi connectivity index (χ1) is 14.9. The lowest BCUT2D eigenvalue weighted by Gasteiger charge is -2.33. The highest BCUT2D eigenvalue weighted by Crippen LogP contribution is 2.23. The number of amides is 4. The predicted octanol–water partition coefficient (Wildman–Crippen LogP) is 3.51. The van der Waals surface area contributed by atoms with Crippen LogP contribution >= 0.6 is 0 Å². The van der Waals surface area contributed by atoms with E-state index in [-0.39, 0.29) is 29.8 Å². The summed E-state index contributed by atoms with van der Waals surface area (Å²) in [6.07, 6.45) is 1.20. The maximum atomic E-state index is 12.9. The largest absolute Gasteiger partial charge is 0.345 e. The number of carbonyl (C=O) groups is 3. The number of piperidine rings is 1. The SMILES string of the molecule is CC(NC(=O)c1ccccc1NC(=O)C1CCN(C(=O)N(C)C)CC1)c1ccccc1. The molecule has 2 aromatic carbocycles. The molecular formula is C24H30N4O3. The van der Waals surface area contributed by atoms with Crippen LogP contribution in [0, 0.1) is 5.92 Å². The average Bonchev–Trinajstić information content (AvgIpc) is 2.79. The van der Waals surface area contributed by atoms with E-state index < -0.39 is 0 Å². The van der Waals surface area contributed by atoms with Gasteiger partial charge in [0.05, 0.1) is 17.3 Å². The highest BCUT2D eigenvalue weighted by molar-refractivity contribution is 6.04. The van der Waals surface area contributed by atoms with Gasteiger partial charge in [-0.3, -0.25) is 9.59 Å². The molecule has 0 saturated carbocycles. The molecule has 1 atom stereocenters. The zero-order valence-electron chi connectivity index (χ0n) is 18.3. The molecule has 0 radical (unpaired) electrons. The summed E-state index contributed by atoms with van der Waals surface area (Å²) in [6, 6.07) is 16.6. The lowest BCUT2D eigenvalue weighted by Crippen LogP contribution is -2.45. The van der Waals surface area contributed by atoms with Crippen molar-refractivity contribution in [1.82, 2.24) is 15.1 Å². The number of hydrogen-bond donors (Lipinski definition) is 2. The second-order valence-electron chi connectivity index (χ2n) is 8.08. The highest BCUT2D eigenvalue weighted by atomic mass is 16.2. The van der Waals surface area contributed by atoms with Crippen LogP contribution in [-0.2, 0) is 4.79 Å². The topological polar surface area (TPSA) is 81.8 Å². The van der Waals surface area contributed by atoms with Crippen LogP contribution < -0.4 is 10.6 Å². The molecular weight excluding hydrogens is 392 g/mol. The summed E-state index contributed by atoms with van der Waals surface area (Å²) >= 11 is 0. The first kappa shape index (κ1) is 22.3. The van der Waals surface area contributed by atoms with Gasteiger partial charge in [-0.25, -0.2) is 4.79 Å². The Labute approximate surface area is 183 Å². The van der Waals surface area contributed by atoms with Crippen molar-refractivity contribution in [3.63, 3.8) is 0 Å². The van der Waals surface area contributed by atoms with Gasteiger partial charge in [0.2, 0.25) is 5.91 Å². The van der Waals surface area contributed by atoms with E-state index in [2.05, 4.69) is 10.6 Å². The van der Waals surface area contributed by atoms with Crippen molar-refractivity contribution >= 4 is 23.5 Å². The third-order valence-electron chi connectivity index (χ3n) is 5.60. The molecule has 1 heterocycles. The lowest BCUT2D eigenvalue weighted by molar-refractivity contribution is -0.121. The minimum atomic E-state index is -0.237. The highest BCUT2D eigenvalue weighted by Gasteiger charge is 2.28. The van der Waals surface area contributed by atoms with Gasteiger partial charge in [-0.1, -0.05) is 42.5 Å². The van der Waals surface area contributed by atoms with Crippen LogP contribution in [0.2, 0.25) is 0 Å². The Morgan fingerprint density at radius 1 is 0.968 bits per heavy atom. The number of benzene rings is 2. The molecule has 3 rings (SSSR count). The zero-order chi connectivity index (χ0) is 22.4. The van der Waals surface area contributed by atoms with Gasteiger partial charge in [0.25, 0.3) is 5.91 Å². The van der Waals surface area contributed by atoms with Crippen LogP contribution in [-0.4, -0.2) is 54.8 Å². The summed E-state index contributed by atoms with van der Waals surface area (Å²) in [5.41, 5.74) is 1.94. The number of likely N-dealkylation sites (tertiary alicyclic amines) is 1. The van der Waals surface area contributed by atoms with E-state index in [0.717, 1.165) is 5.56 Å². The van der Waals surface area contributed by atoms with Gasteiger partial charge < -0.3 is 20.4 Å².